The standard InChI is InChI=1S/C31H29N3O4S/c1-4-34-25-12-6-5-11-23(25)24-18-21(15-16-26(24)34)32-29(35)19-39-22-10-7-9-20(17-22)33-31(36)30-27(37-2)13-8-14-28(30)38-3/h5-18H,4,19H2,1-3H3,(H,32,35)(H,33,36). The minimum absolute atomic E-state index is 0.105. The number of aryl methyl sites for hydroxylation is 1. The van der Waals surface area contributed by atoms with Crippen molar-refractivity contribution >= 4 is 56.8 Å². The molecule has 2 N–H and O–H groups in total. The topological polar surface area (TPSA) is 81.6 Å². The molecule has 0 atom stereocenters. The normalized spacial score (nSPS) is 10.9. The van der Waals surface area contributed by atoms with Crippen molar-refractivity contribution < 1.29 is 19.1 Å². The number of benzene rings is 4. The summed E-state index contributed by atoms with van der Waals surface area (Å²) in [5.74, 6) is 0.626. The Morgan fingerprint density at radius 2 is 1.46 bits per heavy atom. The summed E-state index contributed by atoms with van der Waals surface area (Å²) in [6.07, 6.45) is 0. The second-order valence-electron chi connectivity index (χ2n) is 8.85. The van der Waals surface area contributed by atoms with Crippen LogP contribution in [0.3, 0.4) is 0 Å². The number of nitrogens with one attached hydrogen (secondary N) is 2. The van der Waals surface area contributed by atoms with Crippen LogP contribution in [-0.2, 0) is 11.3 Å². The molecule has 8 heteroatoms. The molecule has 1 heterocycles. The second-order valence-corrected chi connectivity index (χ2v) is 9.90. The third-order valence-corrected chi connectivity index (χ3v) is 7.48. The Morgan fingerprint density at radius 1 is 0.769 bits per heavy atom. The van der Waals surface area contributed by atoms with E-state index in [-0.39, 0.29) is 17.6 Å². The first-order valence-corrected chi connectivity index (χ1v) is 13.6. The lowest BCUT2D eigenvalue weighted by molar-refractivity contribution is -0.113. The Labute approximate surface area is 231 Å². The van der Waals surface area contributed by atoms with Gasteiger partial charge in [-0.1, -0.05) is 30.3 Å². The van der Waals surface area contributed by atoms with E-state index in [1.54, 1.807) is 24.3 Å². The average Bonchev–Trinajstić information content (AvgIpc) is 3.28. The largest absolute Gasteiger partial charge is 0.496 e. The molecule has 7 nitrogen and oxygen atoms in total. The number of thioether (sulfide) groups is 1. The number of anilines is 2. The van der Waals surface area contributed by atoms with Crippen molar-refractivity contribution in [1.29, 1.82) is 0 Å². The van der Waals surface area contributed by atoms with E-state index < -0.39 is 0 Å². The lowest BCUT2D eigenvalue weighted by atomic mass is 10.1. The molecule has 4 aromatic carbocycles. The van der Waals surface area contributed by atoms with E-state index in [0.717, 1.165) is 28.0 Å². The number of ether oxygens (including phenoxy) is 2. The molecule has 0 saturated heterocycles. The van der Waals surface area contributed by atoms with E-state index in [1.807, 2.05) is 42.5 Å². The fourth-order valence-electron chi connectivity index (χ4n) is 4.75. The lowest BCUT2D eigenvalue weighted by Gasteiger charge is -2.13. The van der Waals surface area contributed by atoms with Crippen molar-refractivity contribution in [3.8, 4) is 11.5 Å². The van der Waals surface area contributed by atoms with E-state index in [9.17, 15) is 9.59 Å². The highest BCUT2D eigenvalue weighted by Gasteiger charge is 2.18. The van der Waals surface area contributed by atoms with Gasteiger partial charge in [0.1, 0.15) is 17.1 Å². The lowest BCUT2D eigenvalue weighted by Crippen LogP contribution is -2.15. The van der Waals surface area contributed by atoms with Crippen LogP contribution in [0.5, 0.6) is 11.5 Å². The molecular formula is C31H29N3O4S. The highest BCUT2D eigenvalue weighted by atomic mass is 32.2. The number of nitrogens with zero attached hydrogens (tertiary/aromatic N) is 1. The maximum absolute atomic E-state index is 13.0. The number of para-hydroxylation sites is 1. The smallest absolute Gasteiger partial charge is 0.263 e. The van der Waals surface area contributed by atoms with Gasteiger partial charge in [0.15, 0.2) is 0 Å². The van der Waals surface area contributed by atoms with Crippen LogP contribution >= 0.6 is 11.8 Å². The van der Waals surface area contributed by atoms with Gasteiger partial charge < -0.3 is 24.7 Å². The molecule has 0 saturated carbocycles. The highest BCUT2D eigenvalue weighted by Crippen LogP contribution is 2.32. The van der Waals surface area contributed by atoms with Gasteiger partial charge in [0.25, 0.3) is 5.91 Å². The molecule has 0 radical (unpaired) electrons. The third kappa shape index (κ3) is 5.42. The molecule has 5 rings (SSSR count). The van der Waals surface area contributed by atoms with Crippen LogP contribution in [-0.4, -0.2) is 36.4 Å². The summed E-state index contributed by atoms with van der Waals surface area (Å²) in [4.78, 5) is 26.7. The zero-order valence-electron chi connectivity index (χ0n) is 22.0. The number of carbonyl (C=O) groups excluding carboxylic acids is 2. The van der Waals surface area contributed by atoms with Gasteiger partial charge in [-0.2, -0.15) is 0 Å². The maximum Gasteiger partial charge on any atom is 0.263 e. The van der Waals surface area contributed by atoms with Crippen molar-refractivity contribution in [1.82, 2.24) is 4.57 Å². The number of rotatable bonds is 9. The molecule has 0 spiro atoms. The molecular weight excluding hydrogens is 510 g/mol. The Morgan fingerprint density at radius 3 is 2.21 bits per heavy atom. The first-order valence-electron chi connectivity index (χ1n) is 12.6. The molecule has 0 aliphatic rings. The summed E-state index contributed by atoms with van der Waals surface area (Å²) in [7, 11) is 3.02. The summed E-state index contributed by atoms with van der Waals surface area (Å²) >= 11 is 1.40. The van der Waals surface area contributed by atoms with Crippen LogP contribution in [0.4, 0.5) is 11.4 Å². The summed E-state index contributed by atoms with van der Waals surface area (Å²) in [5, 5.41) is 8.21. The van der Waals surface area contributed by atoms with Crippen molar-refractivity contribution in [2.45, 2.75) is 18.4 Å². The van der Waals surface area contributed by atoms with Crippen LogP contribution in [0.25, 0.3) is 21.8 Å². The van der Waals surface area contributed by atoms with Crippen LogP contribution in [0.15, 0.2) is 89.8 Å². The van der Waals surface area contributed by atoms with E-state index in [0.29, 0.717) is 22.7 Å². The molecule has 5 aromatic rings. The number of methoxy groups -OCH3 is 2. The zero-order chi connectivity index (χ0) is 27.4. The van der Waals surface area contributed by atoms with E-state index in [2.05, 4.69) is 40.3 Å². The predicted molar refractivity (Wildman–Crippen MR) is 158 cm³/mol. The van der Waals surface area contributed by atoms with Crippen molar-refractivity contribution in [3.63, 3.8) is 0 Å². The van der Waals surface area contributed by atoms with Gasteiger partial charge >= 0.3 is 0 Å². The molecule has 0 bridgehead atoms. The summed E-state index contributed by atoms with van der Waals surface area (Å²) in [5.41, 5.74) is 4.02. The van der Waals surface area contributed by atoms with Gasteiger partial charge in [-0.3, -0.25) is 9.59 Å². The van der Waals surface area contributed by atoms with Gasteiger partial charge in [0, 0.05) is 44.6 Å². The van der Waals surface area contributed by atoms with Crippen LogP contribution in [0, 0.1) is 0 Å². The van der Waals surface area contributed by atoms with Crippen molar-refractivity contribution in [3.05, 3.63) is 90.5 Å². The molecule has 39 heavy (non-hydrogen) atoms. The molecule has 2 amide bonds. The van der Waals surface area contributed by atoms with Gasteiger partial charge in [0.2, 0.25) is 5.91 Å². The average molecular weight is 540 g/mol. The Hall–Kier alpha value is -4.43. The monoisotopic (exact) mass is 539 g/mol. The van der Waals surface area contributed by atoms with Crippen molar-refractivity contribution in [2.75, 3.05) is 30.6 Å². The minimum Gasteiger partial charge on any atom is -0.496 e. The zero-order valence-corrected chi connectivity index (χ0v) is 22.8. The van der Waals surface area contributed by atoms with Gasteiger partial charge in [0.05, 0.1) is 20.0 Å². The molecule has 0 unspecified atom stereocenters. The number of hydrogen-bond donors (Lipinski definition) is 2. The fraction of sp³-hybridized carbons (Fsp3) is 0.161. The van der Waals surface area contributed by atoms with E-state index in [1.165, 1.54) is 36.9 Å². The Kier molecular flexibility index (Phi) is 7.74. The number of aromatic nitrogens is 1. The van der Waals surface area contributed by atoms with E-state index >= 15 is 0 Å². The molecule has 1 aromatic heterocycles. The number of amides is 2. The third-order valence-electron chi connectivity index (χ3n) is 6.49. The van der Waals surface area contributed by atoms with Gasteiger partial charge in [-0.05, 0) is 61.5 Å². The summed E-state index contributed by atoms with van der Waals surface area (Å²) < 4.78 is 13.0. The number of carbonyl (C=O) groups is 2. The maximum atomic E-state index is 13.0. The SMILES string of the molecule is CCn1c2ccccc2c2cc(NC(=O)CSc3cccc(NC(=O)c4c(OC)cccc4OC)c3)ccc21. The van der Waals surface area contributed by atoms with Gasteiger partial charge in [-0.25, -0.2) is 0 Å². The van der Waals surface area contributed by atoms with Crippen LogP contribution in [0.1, 0.15) is 17.3 Å². The minimum atomic E-state index is -0.344. The highest BCUT2D eigenvalue weighted by molar-refractivity contribution is 8.00. The summed E-state index contributed by atoms with van der Waals surface area (Å²) in [6.45, 7) is 3.01. The molecule has 0 fully saturated rings. The first-order chi connectivity index (χ1) is 19.0. The molecule has 0 aliphatic carbocycles. The Bertz CT molecular complexity index is 1660. The predicted octanol–water partition coefficient (Wildman–Crippen LogP) is 6.81. The molecule has 198 valence electrons. The molecule has 0 aliphatic heterocycles. The first kappa shape index (κ1) is 26.2. The van der Waals surface area contributed by atoms with Crippen molar-refractivity contribution in [2.24, 2.45) is 0 Å². The number of hydrogen-bond acceptors (Lipinski definition) is 5. The summed E-state index contributed by atoms with van der Waals surface area (Å²) in [6, 6.07) is 26.9. The number of fused-ring (bicyclic) bond motifs is 3. The fourth-order valence-corrected chi connectivity index (χ4v) is 5.51. The van der Waals surface area contributed by atoms with E-state index in [4.69, 9.17) is 9.47 Å². The van der Waals surface area contributed by atoms with Gasteiger partial charge in [-0.15, -0.1) is 11.8 Å². The second kappa shape index (κ2) is 11.5. The van der Waals surface area contributed by atoms with Crippen LogP contribution in [0.2, 0.25) is 0 Å². The Balaban J connectivity index is 1.25. The quantitative estimate of drug-likeness (QED) is 0.201. The van der Waals surface area contributed by atoms with Crippen LogP contribution < -0.4 is 20.1 Å².